The monoisotopic (exact) mass is 345 g/mol. The van der Waals surface area contributed by atoms with Crippen LogP contribution >= 0.6 is 0 Å². The summed E-state index contributed by atoms with van der Waals surface area (Å²) in [4.78, 5) is 25.4. The predicted molar refractivity (Wildman–Crippen MR) is 97.5 cm³/mol. The van der Waals surface area contributed by atoms with Crippen molar-refractivity contribution in [1.82, 2.24) is 30.0 Å². The van der Waals surface area contributed by atoms with Gasteiger partial charge in [-0.05, 0) is 20.3 Å². The van der Waals surface area contributed by atoms with Crippen molar-refractivity contribution in [3.8, 4) is 0 Å². The van der Waals surface area contributed by atoms with Crippen LogP contribution in [0.1, 0.15) is 27.2 Å². The lowest BCUT2D eigenvalue weighted by Gasteiger charge is -2.35. The number of hydrogen-bond donors (Lipinski definition) is 1. The van der Waals surface area contributed by atoms with E-state index in [9.17, 15) is 4.79 Å². The Morgan fingerprint density at radius 2 is 1.96 bits per heavy atom. The van der Waals surface area contributed by atoms with Gasteiger partial charge in [0.15, 0.2) is 5.65 Å². The Hall–Kier alpha value is -2.22. The lowest BCUT2D eigenvalue weighted by molar-refractivity contribution is -0.123. The maximum atomic E-state index is 12.2. The molecule has 0 bridgehead atoms. The highest BCUT2D eigenvalue weighted by Crippen LogP contribution is 2.23. The van der Waals surface area contributed by atoms with Crippen molar-refractivity contribution in [3.63, 3.8) is 0 Å². The van der Waals surface area contributed by atoms with Gasteiger partial charge in [0.1, 0.15) is 12.1 Å². The first kappa shape index (κ1) is 17.6. The Bertz CT molecular complexity index is 747. The average molecular weight is 345 g/mol. The van der Waals surface area contributed by atoms with Gasteiger partial charge in [-0.15, -0.1) is 0 Å². The molecule has 1 amide bonds. The first-order valence-electron chi connectivity index (χ1n) is 8.80. The standard InChI is InChI=1S/C17H27N7O/c1-5-17(2,3)21-14(25)11-23-6-8-24(9-7-23)16-13-10-20-22(4)15(13)18-12-19-16/h10,12H,5-9,11H2,1-4H3,(H,21,25). The summed E-state index contributed by atoms with van der Waals surface area (Å²) in [5.74, 6) is 1.02. The normalized spacial score (nSPS) is 16.4. The number of aromatic nitrogens is 4. The third-order valence-corrected chi connectivity index (χ3v) is 4.91. The lowest BCUT2D eigenvalue weighted by atomic mass is 10.0. The van der Waals surface area contributed by atoms with Gasteiger partial charge in [0.05, 0.1) is 18.1 Å². The van der Waals surface area contributed by atoms with Crippen LogP contribution in [0, 0.1) is 0 Å². The summed E-state index contributed by atoms with van der Waals surface area (Å²) in [6.07, 6.45) is 4.32. The first-order valence-corrected chi connectivity index (χ1v) is 8.80. The minimum atomic E-state index is -0.147. The third kappa shape index (κ3) is 3.89. The van der Waals surface area contributed by atoms with Gasteiger partial charge in [-0.1, -0.05) is 6.92 Å². The number of nitrogens with zero attached hydrogens (tertiary/aromatic N) is 6. The quantitative estimate of drug-likeness (QED) is 0.863. The van der Waals surface area contributed by atoms with E-state index in [1.54, 1.807) is 11.0 Å². The SMILES string of the molecule is CCC(C)(C)NC(=O)CN1CCN(c2ncnc3c2cnn3C)CC1. The molecule has 1 aliphatic heterocycles. The molecule has 0 atom stereocenters. The topological polar surface area (TPSA) is 79.2 Å². The molecule has 8 heteroatoms. The fourth-order valence-electron chi connectivity index (χ4n) is 3.03. The Morgan fingerprint density at radius 1 is 1.24 bits per heavy atom. The summed E-state index contributed by atoms with van der Waals surface area (Å²) in [6, 6.07) is 0. The second-order valence-electron chi connectivity index (χ2n) is 7.25. The van der Waals surface area contributed by atoms with E-state index in [-0.39, 0.29) is 11.4 Å². The molecular weight excluding hydrogens is 318 g/mol. The number of nitrogens with one attached hydrogen (secondary N) is 1. The van der Waals surface area contributed by atoms with Crippen LogP contribution in [0.15, 0.2) is 12.5 Å². The molecule has 1 N–H and O–H groups in total. The maximum absolute atomic E-state index is 12.2. The Kier molecular flexibility index (Phi) is 4.89. The number of anilines is 1. The number of carbonyl (C=O) groups is 1. The second-order valence-corrected chi connectivity index (χ2v) is 7.25. The summed E-state index contributed by atoms with van der Waals surface area (Å²) in [5, 5.41) is 8.34. The van der Waals surface area contributed by atoms with Crippen LogP contribution in [-0.2, 0) is 11.8 Å². The molecule has 0 aliphatic carbocycles. The van der Waals surface area contributed by atoms with E-state index in [4.69, 9.17) is 0 Å². The maximum Gasteiger partial charge on any atom is 0.234 e. The van der Waals surface area contributed by atoms with Gasteiger partial charge in [0.25, 0.3) is 0 Å². The molecular formula is C17H27N7O. The molecule has 2 aromatic rings. The lowest BCUT2D eigenvalue weighted by Crippen LogP contribution is -2.52. The molecule has 0 saturated carbocycles. The molecule has 1 saturated heterocycles. The summed E-state index contributed by atoms with van der Waals surface area (Å²) in [6.45, 7) is 9.99. The molecule has 136 valence electrons. The number of carbonyl (C=O) groups excluding carboxylic acids is 1. The number of fused-ring (bicyclic) bond motifs is 1. The van der Waals surface area contributed by atoms with E-state index in [2.05, 4.69) is 51.0 Å². The van der Waals surface area contributed by atoms with Crippen LogP contribution in [0.3, 0.4) is 0 Å². The minimum Gasteiger partial charge on any atom is -0.353 e. The molecule has 1 aliphatic rings. The highest BCUT2D eigenvalue weighted by Gasteiger charge is 2.24. The highest BCUT2D eigenvalue weighted by molar-refractivity contribution is 5.86. The van der Waals surface area contributed by atoms with Gasteiger partial charge >= 0.3 is 0 Å². The summed E-state index contributed by atoms with van der Waals surface area (Å²) in [5.41, 5.74) is 0.694. The summed E-state index contributed by atoms with van der Waals surface area (Å²) < 4.78 is 1.76. The van der Waals surface area contributed by atoms with Crippen LogP contribution in [0.5, 0.6) is 0 Å². The van der Waals surface area contributed by atoms with Gasteiger partial charge in [-0.2, -0.15) is 5.10 Å². The molecule has 25 heavy (non-hydrogen) atoms. The fourth-order valence-corrected chi connectivity index (χ4v) is 3.03. The number of aryl methyl sites for hydroxylation is 1. The van der Waals surface area contributed by atoms with E-state index in [0.717, 1.165) is 49.5 Å². The van der Waals surface area contributed by atoms with Gasteiger partial charge in [0.2, 0.25) is 5.91 Å². The first-order chi connectivity index (χ1) is 11.9. The zero-order valence-corrected chi connectivity index (χ0v) is 15.5. The smallest absolute Gasteiger partial charge is 0.234 e. The minimum absolute atomic E-state index is 0.0944. The van der Waals surface area contributed by atoms with Crippen molar-refractivity contribution in [3.05, 3.63) is 12.5 Å². The van der Waals surface area contributed by atoms with Crippen LogP contribution in [0.2, 0.25) is 0 Å². The van der Waals surface area contributed by atoms with Gasteiger partial charge < -0.3 is 10.2 Å². The number of hydrogen-bond acceptors (Lipinski definition) is 6. The van der Waals surface area contributed by atoms with E-state index in [1.165, 1.54) is 0 Å². The molecule has 2 aromatic heterocycles. The number of rotatable bonds is 5. The third-order valence-electron chi connectivity index (χ3n) is 4.91. The number of piperazine rings is 1. The molecule has 3 rings (SSSR count). The Balaban J connectivity index is 1.59. The van der Waals surface area contributed by atoms with E-state index in [1.807, 2.05) is 13.2 Å². The number of amides is 1. The van der Waals surface area contributed by atoms with E-state index >= 15 is 0 Å². The summed E-state index contributed by atoms with van der Waals surface area (Å²) in [7, 11) is 1.88. The van der Waals surface area contributed by atoms with Crippen molar-refractivity contribution in [2.75, 3.05) is 37.6 Å². The van der Waals surface area contributed by atoms with Crippen LogP contribution in [0.4, 0.5) is 5.82 Å². The Morgan fingerprint density at radius 3 is 2.64 bits per heavy atom. The van der Waals surface area contributed by atoms with Crippen molar-refractivity contribution in [1.29, 1.82) is 0 Å². The fraction of sp³-hybridized carbons (Fsp3) is 0.647. The largest absolute Gasteiger partial charge is 0.353 e. The highest BCUT2D eigenvalue weighted by atomic mass is 16.2. The van der Waals surface area contributed by atoms with Crippen LogP contribution in [0.25, 0.3) is 11.0 Å². The van der Waals surface area contributed by atoms with Gasteiger partial charge in [-0.25, -0.2) is 9.97 Å². The predicted octanol–water partition coefficient (Wildman–Crippen LogP) is 0.790. The van der Waals surface area contributed by atoms with E-state index < -0.39 is 0 Å². The Labute approximate surface area is 148 Å². The average Bonchev–Trinajstić information content (AvgIpc) is 2.96. The summed E-state index contributed by atoms with van der Waals surface area (Å²) >= 11 is 0. The van der Waals surface area contributed by atoms with Gasteiger partial charge in [-0.3, -0.25) is 14.4 Å². The van der Waals surface area contributed by atoms with Crippen LogP contribution < -0.4 is 10.2 Å². The zero-order valence-electron chi connectivity index (χ0n) is 15.5. The van der Waals surface area contributed by atoms with Gasteiger partial charge in [0, 0.05) is 38.8 Å². The van der Waals surface area contributed by atoms with Crippen molar-refractivity contribution >= 4 is 22.8 Å². The molecule has 1 fully saturated rings. The zero-order chi connectivity index (χ0) is 18.0. The van der Waals surface area contributed by atoms with Crippen molar-refractivity contribution in [2.45, 2.75) is 32.7 Å². The van der Waals surface area contributed by atoms with Crippen molar-refractivity contribution < 1.29 is 4.79 Å². The molecule has 0 radical (unpaired) electrons. The molecule has 3 heterocycles. The van der Waals surface area contributed by atoms with Crippen molar-refractivity contribution in [2.24, 2.45) is 7.05 Å². The molecule has 0 unspecified atom stereocenters. The molecule has 0 aromatic carbocycles. The van der Waals surface area contributed by atoms with E-state index in [0.29, 0.717) is 6.54 Å². The molecule has 8 nitrogen and oxygen atoms in total. The molecule has 0 spiro atoms. The second kappa shape index (κ2) is 6.95. The van der Waals surface area contributed by atoms with Crippen LogP contribution in [-0.4, -0.2) is 68.8 Å².